The predicted molar refractivity (Wildman–Crippen MR) is 140 cm³/mol. The largest absolute Gasteiger partial charge is 0.418 e. The molecule has 0 aliphatic rings. The van der Waals surface area contributed by atoms with Crippen LogP contribution in [0.15, 0.2) is 102 Å². The second-order valence-corrected chi connectivity index (χ2v) is 9.17. The monoisotopic (exact) mass is 544 g/mol. The van der Waals surface area contributed by atoms with Gasteiger partial charge in [-0.05, 0) is 29.8 Å². The first-order valence-electron chi connectivity index (χ1n) is 12.3. The zero-order chi connectivity index (χ0) is 27.9. The van der Waals surface area contributed by atoms with Gasteiger partial charge in [0.05, 0.1) is 36.2 Å². The molecule has 0 atom stereocenters. The minimum Gasteiger partial charge on any atom is -0.284 e. The van der Waals surface area contributed by atoms with E-state index in [0.29, 0.717) is 11.3 Å². The molecule has 7 nitrogen and oxygen atoms in total. The Morgan fingerprint density at radius 3 is 2.23 bits per heavy atom. The molecule has 3 aromatic heterocycles. The Bertz CT molecular complexity index is 1870. The van der Waals surface area contributed by atoms with Crippen LogP contribution in [0.2, 0.25) is 0 Å². The first-order chi connectivity index (χ1) is 19.3. The van der Waals surface area contributed by atoms with Crippen LogP contribution < -0.4 is 5.69 Å². The number of alkyl halides is 3. The lowest BCUT2D eigenvalue weighted by Gasteiger charge is -2.13. The van der Waals surface area contributed by atoms with Gasteiger partial charge in [0.1, 0.15) is 17.0 Å². The number of hydrogen-bond acceptors (Lipinski definition) is 4. The average Bonchev–Trinajstić information content (AvgIpc) is 3.52. The number of pyridine rings is 1. The van der Waals surface area contributed by atoms with Crippen molar-refractivity contribution in [2.75, 3.05) is 0 Å². The van der Waals surface area contributed by atoms with E-state index in [1.807, 2.05) is 6.07 Å². The van der Waals surface area contributed by atoms with E-state index in [9.17, 15) is 22.4 Å². The predicted octanol–water partition coefficient (Wildman–Crippen LogP) is 5.70. The third kappa shape index (κ3) is 4.77. The molecular formula is C29H20F4N6O. The SMILES string of the molecule is O=c1n(Cc2ccccc2)c2nc(-c3ccccc3)cc(C(F)(F)F)c2n1Cc1cn(-c2cccc(F)c2)nn1. The molecule has 6 rings (SSSR count). The lowest BCUT2D eigenvalue weighted by Crippen LogP contribution is -2.25. The Balaban J connectivity index is 1.55. The molecule has 0 aliphatic carbocycles. The second-order valence-electron chi connectivity index (χ2n) is 9.17. The van der Waals surface area contributed by atoms with Gasteiger partial charge >= 0.3 is 11.9 Å². The van der Waals surface area contributed by atoms with E-state index in [0.717, 1.165) is 16.2 Å². The second kappa shape index (κ2) is 9.92. The van der Waals surface area contributed by atoms with Gasteiger partial charge in [-0.1, -0.05) is 71.9 Å². The van der Waals surface area contributed by atoms with E-state index in [1.54, 1.807) is 60.7 Å². The van der Waals surface area contributed by atoms with Crippen LogP contribution >= 0.6 is 0 Å². The summed E-state index contributed by atoms with van der Waals surface area (Å²) in [5.74, 6) is -0.482. The van der Waals surface area contributed by atoms with Crippen molar-refractivity contribution >= 4 is 11.2 Å². The van der Waals surface area contributed by atoms with E-state index in [1.165, 1.54) is 33.6 Å². The number of aromatic nitrogens is 6. The molecule has 0 unspecified atom stereocenters. The molecule has 0 spiro atoms. The fraction of sp³-hybridized carbons (Fsp3) is 0.103. The molecule has 11 heteroatoms. The van der Waals surface area contributed by atoms with E-state index >= 15 is 0 Å². The highest BCUT2D eigenvalue weighted by atomic mass is 19.4. The van der Waals surface area contributed by atoms with Gasteiger partial charge in [-0.15, -0.1) is 5.10 Å². The van der Waals surface area contributed by atoms with Gasteiger partial charge in [0.15, 0.2) is 5.65 Å². The first kappa shape index (κ1) is 25.2. The molecule has 40 heavy (non-hydrogen) atoms. The van der Waals surface area contributed by atoms with Crippen LogP contribution in [-0.2, 0) is 19.3 Å². The first-order valence-corrected chi connectivity index (χ1v) is 12.3. The molecule has 0 aliphatic heterocycles. The molecule has 0 bridgehead atoms. The Hall–Kier alpha value is -5.06. The zero-order valence-electron chi connectivity index (χ0n) is 20.8. The number of nitrogens with zero attached hydrogens (tertiary/aromatic N) is 6. The van der Waals surface area contributed by atoms with Gasteiger partial charge in [-0.2, -0.15) is 13.2 Å². The number of hydrogen-bond donors (Lipinski definition) is 0. The fourth-order valence-corrected chi connectivity index (χ4v) is 4.62. The number of benzene rings is 3. The van der Waals surface area contributed by atoms with E-state index < -0.39 is 23.2 Å². The maximum Gasteiger partial charge on any atom is 0.418 e. The van der Waals surface area contributed by atoms with Gasteiger partial charge < -0.3 is 0 Å². The van der Waals surface area contributed by atoms with Crippen LogP contribution in [0.5, 0.6) is 0 Å². The van der Waals surface area contributed by atoms with Crippen molar-refractivity contribution in [3.63, 3.8) is 0 Å². The summed E-state index contributed by atoms with van der Waals surface area (Å²) in [6.07, 6.45) is -3.34. The maximum absolute atomic E-state index is 14.5. The summed E-state index contributed by atoms with van der Waals surface area (Å²) < 4.78 is 60.9. The van der Waals surface area contributed by atoms with Crippen LogP contribution in [0.1, 0.15) is 16.8 Å². The standard InChI is InChI=1S/C29H20F4N6O/c30-21-12-7-13-23(14-21)39-18-22(35-36-39)17-37-26-24(29(31,32)33)15-25(20-10-5-2-6-11-20)34-27(26)38(28(37)40)16-19-8-3-1-4-9-19/h1-15,18H,16-17H2. The van der Waals surface area contributed by atoms with E-state index in [-0.39, 0.29) is 35.6 Å². The lowest BCUT2D eigenvalue weighted by atomic mass is 10.1. The van der Waals surface area contributed by atoms with Crippen LogP contribution in [0.3, 0.4) is 0 Å². The van der Waals surface area contributed by atoms with Gasteiger partial charge in [0.2, 0.25) is 0 Å². The summed E-state index contributed by atoms with van der Waals surface area (Å²) in [6.45, 7) is -0.288. The Morgan fingerprint density at radius 1 is 0.800 bits per heavy atom. The molecule has 0 radical (unpaired) electrons. The smallest absolute Gasteiger partial charge is 0.284 e. The minimum atomic E-state index is -4.78. The van der Waals surface area contributed by atoms with Gasteiger partial charge in [0.25, 0.3) is 0 Å². The summed E-state index contributed by atoms with van der Waals surface area (Å²) >= 11 is 0. The van der Waals surface area contributed by atoms with Gasteiger partial charge in [-0.25, -0.2) is 18.9 Å². The Morgan fingerprint density at radius 2 is 1.52 bits per heavy atom. The average molecular weight is 545 g/mol. The quantitative estimate of drug-likeness (QED) is 0.252. The highest BCUT2D eigenvalue weighted by Gasteiger charge is 2.37. The highest BCUT2D eigenvalue weighted by molar-refractivity contribution is 5.81. The van der Waals surface area contributed by atoms with Crippen LogP contribution in [-0.4, -0.2) is 29.1 Å². The van der Waals surface area contributed by atoms with E-state index in [4.69, 9.17) is 0 Å². The molecule has 0 saturated carbocycles. The zero-order valence-corrected chi connectivity index (χ0v) is 20.8. The van der Waals surface area contributed by atoms with Crippen molar-refractivity contribution in [3.05, 3.63) is 130 Å². The topological polar surface area (TPSA) is 70.5 Å². The van der Waals surface area contributed by atoms with Crippen molar-refractivity contribution in [2.45, 2.75) is 19.3 Å². The Kier molecular flexibility index (Phi) is 6.25. The van der Waals surface area contributed by atoms with Gasteiger partial charge in [-0.3, -0.25) is 9.13 Å². The van der Waals surface area contributed by atoms with Crippen LogP contribution in [0.25, 0.3) is 28.1 Å². The van der Waals surface area contributed by atoms with E-state index in [2.05, 4.69) is 15.3 Å². The van der Waals surface area contributed by atoms with Crippen LogP contribution in [0.4, 0.5) is 17.6 Å². The number of imidazole rings is 1. The lowest BCUT2D eigenvalue weighted by molar-refractivity contribution is -0.136. The number of fused-ring (bicyclic) bond motifs is 1. The van der Waals surface area contributed by atoms with Crippen molar-refractivity contribution < 1.29 is 17.6 Å². The minimum absolute atomic E-state index is 0.0156. The highest BCUT2D eigenvalue weighted by Crippen LogP contribution is 2.37. The number of rotatable bonds is 6. The van der Waals surface area contributed by atoms with Crippen molar-refractivity contribution in [2.24, 2.45) is 0 Å². The van der Waals surface area contributed by atoms with Crippen molar-refractivity contribution in [1.82, 2.24) is 29.1 Å². The van der Waals surface area contributed by atoms with Crippen molar-refractivity contribution in [3.8, 4) is 16.9 Å². The summed E-state index contributed by atoms with van der Waals surface area (Å²) in [7, 11) is 0. The van der Waals surface area contributed by atoms with Gasteiger partial charge in [0, 0.05) is 5.56 Å². The molecule has 0 N–H and O–H groups in total. The number of halogens is 4. The molecule has 200 valence electrons. The molecule has 3 heterocycles. The molecule has 0 saturated heterocycles. The fourth-order valence-electron chi connectivity index (χ4n) is 4.62. The summed E-state index contributed by atoms with van der Waals surface area (Å²) in [6, 6.07) is 24.0. The summed E-state index contributed by atoms with van der Waals surface area (Å²) in [5.41, 5.74) is -0.223. The maximum atomic E-state index is 14.5. The molecule has 3 aromatic carbocycles. The third-order valence-electron chi connectivity index (χ3n) is 6.45. The molecule has 6 aromatic rings. The molecule has 0 amide bonds. The third-order valence-corrected chi connectivity index (χ3v) is 6.45. The normalized spacial score (nSPS) is 11.8. The summed E-state index contributed by atoms with van der Waals surface area (Å²) in [4.78, 5) is 18.3. The van der Waals surface area contributed by atoms with Crippen molar-refractivity contribution in [1.29, 1.82) is 0 Å². The van der Waals surface area contributed by atoms with Crippen LogP contribution in [0, 0.1) is 5.82 Å². The molecule has 0 fully saturated rings. The summed E-state index contributed by atoms with van der Waals surface area (Å²) in [5, 5.41) is 8.01. The molecular weight excluding hydrogens is 524 g/mol. The Labute approximate surface area is 224 Å².